The van der Waals surface area contributed by atoms with Crippen molar-refractivity contribution in [3.05, 3.63) is 41.3 Å². The molecule has 1 amide bonds. The van der Waals surface area contributed by atoms with Crippen molar-refractivity contribution in [3.63, 3.8) is 0 Å². The van der Waals surface area contributed by atoms with Gasteiger partial charge in [-0.25, -0.2) is 9.18 Å². The molecule has 3 rings (SSSR count). The number of carbonyl (C=O) groups is 1. The van der Waals surface area contributed by atoms with Crippen LogP contribution in [0.25, 0.3) is 10.9 Å². The SMILES string of the molecule is C[C@@H]1CC(c2cc(F)c(C#N)c3ncccc23)CN(C(=O)OC(C)(C)C)C1. The van der Waals surface area contributed by atoms with E-state index in [1.54, 1.807) is 17.2 Å². The number of rotatable bonds is 1. The number of nitriles is 1. The Kier molecular flexibility index (Phi) is 5.05. The lowest BCUT2D eigenvalue weighted by Crippen LogP contribution is -2.45. The summed E-state index contributed by atoms with van der Waals surface area (Å²) in [7, 11) is 0. The van der Waals surface area contributed by atoms with Crippen molar-refractivity contribution in [2.45, 2.75) is 45.6 Å². The summed E-state index contributed by atoms with van der Waals surface area (Å²) in [6.45, 7) is 8.65. The van der Waals surface area contributed by atoms with Gasteiger partial charge in [0.2, 0.25) is 0 Å². The minimum absolute atomic E-state index is 0.0396. The van der Waals surface area contributed by atoms with Crippen LogP contribution in [-0.2, 0) is 4.74 Å². The Morgan fingerprint density at radius 2 is 2.15 bits per heavy atom. The van der Waals surface area contributed by atoms with Gasteiger partial charge in [-0.3, -0.25) is 4.98 Å². The minimum Gasteiger partial charge on any atom is -0.444 e. The van der Waals surface area contributed by atoms with Gasteiger partial charge in [0.05, 0.1) is 5.52 Å². The molecule has 2 atom stereocenters. The monoisotopic (exact) mass is 369 g/mol. The number of nitrogens with zero attached hydrogens (tertiary/aromatic N) is 3. The first-order chi connectivity index (χ1) is 12.7. The van der Waals surface area contributed by atoms with Crippen molar-refractivity contribution in [1.29, 1.82) is 5.26 Å². The fourth-order valence-electron chi connectivity index (χ4n) is 3.73. The van der Waals surface area contributed by atoms with Crippen LogP contribution in [-0.4, -0.2) is 34.7 Å². The largest absolute Gasteiger partial charge is 0.444 e. The molecule has 1 aliphatic rings. The molecule has 1 aliphatic heterocycles. The van der Waals surface area contributed by atoms with Gasteiger partial charge in [0, 0.05) is 30.6 Å². The lowest BCUT2D eigenvalue weighted by Gasteiger charge is -2.37. The number of aromatic nitrogens is 1. The van der Waals surface area contributed by atoms with Crippen LogP contribution in [0, 0.1) is 23.1 Å². The van der Waals surface area contributed by atoms with E-state index in [9.17, 15) is 14.4 Å². The van der Waals surface area contributed by atoms with E-state index in [-0.39, 0.29) is 23.5 Å². The van der Waals surface area contributed by atoms with Crippen molar-refractivity contribution < 1.29 is 13.9 Å². The molecule has 0 saturated carbocycles. The van der Waals surface area contributed by atoms with Crippen LogP contribution in [0.15, 0.2) is 24.4 Å². The zero-order valence-electron chi connectivity index (χ0n) is 16.1. The lowest BCUT2D eigenvalue weighted by atomic mass is 9.83. The Labute approximate surface area is 158 Å². The molecule has 5 nitrogen and oxygen atoms in total. The molecule has 0 spiro atoms. The van der Waals surface area contributed by atoms with Crippen molar-refractivity contribution >= 4 is 17.0 Å². The van der Waals surface area contributed by atoms with Gasteiger partial charge in [-0.05, 0) is 50.8 Å². The van der Waals surface area contributed by atoms with E-state index in [1.165, 1.54) is 6.07 Å². The summed E-state index contributed by atoms with van der Waals surface area (Å²) in [4.78, 5) is 18.5. The number of likely N-dealkylation sites (tertiary alicyclic amines) is 1. The number of benzene rings is 1. The fraction of sp³-hybridized carbons (Fsp3) is 0.476. The van der Waals surface area contributed by atoms with E-state index in [0.29, 0.717) is 18.6 Å². The van der Waals surface area contributed by atoms with Crippen LogP contribution < -0.4 is 0 Å². The van der Waals surface area contributed by atoms with Gasteiger partial charge in [0.15, 0.2) is 0 Å². The highest BCUT2D eigenvalue weighted by molar-refractivity contribution is 5.88. The molecule has 0 bridgehead atoms. The Morgan fingerprint density at radius 1 is 1.41 bits per heavy atom. The van der Waals surface area contributed by atoms with Crippen LogP contribution in [0.2, 0.25) is 0 Å². The molecular weight excluding hydrogens is 345 g/mol. The topological polar surface area (TPSA) is 66.2 Å². The number of pyridine rings is 1. The van der Waals surface area contributed by atoms with E-state index in [2.05, 4.69) is 11.9 Å². The first kappa shape index (κ1) is 19.1. The third kappa shape index (κ3) is 4.02. The molecule has 27 heavy (non-hydrogen) atoms. The van der Waals surface area contributed by atoms with Gasteiger partial charge >= 0.3 is 6.09 Å². The minimum atomic E-state index is -0.569. The van der Waals surface area contributed by atoms with Crippen LogP contribution in [0.1, 0.15) is 51.2 Å². The summed E-state index contributed by atoms with van der Waals surface area (Å²) in [6.07, 6.45) is 2.04. The summed E-state index contributed by atoms with van der Waals surface area (Å²) in [5.74, 6) is -0.363. The van der Waals surface area contributed by atoms with Crippen molar-refractivity contribution in [2.75, 3.05) is 13.1 Å². The highest BCUT2D eigenvalue weighted by Crippen LogP contribution is 2.36. The summed E-state index contributed by atoms with van der Waals surface area (Å²) in [5.41, 5.74) is 0.554. The number of amides is 1. The van der Waals surface area contributed by atoms with Crippen molar-refractivity contribution in [1.82, 2.24) is 9.88 Å². The number of hydrogen-bond acceptors (Lipinski definition) is 4. The van der Waals surface area contributed by atoms with Crippen molar-refractivity contribution in [2.24, 2.45) is 5.92 Å². The second-order valence-corrected chi connectivity index (χ2v) is 8.26. The molecule has 0 aliphatic carbocycles. The third-order valence-corrected chi connectivity index (χ3v) is 4.74. The predicted octanol–water partition coefficient (Wildman–Crippen LogP) is 4.61. The normalized spacial score (nSPS) is 20.4. The van der Waals surface area contributed by atoms with E-state index in [4.69, 9.17) is 4.74 Å². The second kappa shape index (κ2) is 7.15. The van der Waals surface area contributed by atoms with Crippen molar-refractivity contribution in [3.8, 4) is 6.07 Å². The standard InChI is InChI=1S/C21H24FN3O2/c1-13-8-14(12-25(11-13)20(26)27-21(2,3)4)16-9-18(22)17(10-23)19-15(16)6-5-7-24-19/h5-7,9,13-14H,8,11-12H2,1-4H3/t13-,14?/m1/s1. The van der Waals surface area contributed by atoms with E-state index in [1.807, 2.05) is 32.9 Å². The number of fused-ring (bicyclic) bond motifs is 1. The number of halogens is 1. The van der Waals surface area contributed by atoms with Crippen LogP contribution in [0.5, 0.6) is 0 Å². The first-order valence-electron chi connectivity index (χ1n) is 9.14. The average Bonchev–Trinajstić information content (AvgIpc) is 2.59. The highest BCUT2D eigenvalue weighted by atomic mass is 19.1. The molecule has 6 heteroatoms. The molecule has 2 heterocycles. The molecule has 1 aromatic heterocycles. The molecule has 1 fully saturated rings. The Morgan fingerprint density at radius 3 is 2.81 bits per heavy atom. The van der Waals surface area contributed by atoms with Gasteiger partial charge < -0.3 is 9.64 Å². The molecule has 1 unspecified atom stereocenters. The summed E-state index contributed by atoms with van der Waals surface area (Å²) >= 11 is 0. The predicted molar refractivity (Wildman–Crippen MR) is 101 cm³/mol. The van der Waals surface area contributed by atoms with Crippen LogP contribution in [0.4, 0.5) is 9.18 Å². The third-order valence-electron chi connectivity index (χ3n) is 4.74. The second-order valence-electron chi connectivity index (χ2n) is 8.26. The summed E-state index contributed by atoms with van der Waals surface area (Å²) in [5, 5.41) is 10.0. The molecular formula is C21H24FN3O2. The van der Waals surface area contributed by atoms with Gasteiger partial charge in [-0.2, -0.15) is 5.26 Å². The Bertz CT molecular complexity index is 914. The lowest BCUT2D eigenvalue weighted by molar-refractivity contribution is 0.0152. The van der Waals surface area contributed by atoms with E-state index < -0.39 is 11.4 Å². The first-order valence-corrected chi connectivity index (χ1v) is 9.14. The molecule has 2 aromatic rings. The number of carbonyl (C=O) groups excluding carboxylic acids is 1. The summed E-state index contributed by atoms with van der Waals surface area (Å²) < 4.78 is 20.1. The van der Waals surface area contributed by atoms with E-state index >= 15 is 0 Å². The fourth-order valence-corrected chi connectivity index (χ4v) is 3.73. The number of piperidine rings is 1. The maximum atomic E-state index is 14.5. The Balaban J connectivity index is 1.99. The van der Waals surface area contributed by atoms with Gasteiger partial charge in [-0.1, -0.05) is 13.0 Å². The quantitative estimate of drug-likeness (QED) is 0.736. The van der Waals surface area contributed by atoms with Gasteiger partial charge in [0.1, 0.15) is 23.1 Å². The molecule has 0 N–H and O–H groups in total. The van der Waals surface area contributed by atoms with Crippen LogP contribution in [0.3, 0.4) is 0 Å². The number of hydrogen-bond donors (Lipinski definition) is 0. The molecule has 142 valence electrons. The van der Waals surface area contributed by atoms with Gasteiger partial charge in [-0.15, -0.1) is 0 Å². The number of ether oxygens (including phenoxy) is 1. The maximum absolute atomic E-state index is 14.5. The molecule has 1 aromatic carbocycles. The Hall–Kier alpha value is -2.68. The zero-order valence-corrected chi connectivity index (χ0v) is 16.1. The average molecular weight is 369 g/mol. The maximum Gasteiger partial charge on any atom is 0.410 e. The van der Waals surface area contributed by atoms with Crippen LogP contribution >= 0.6 is 0 Å². The summed E-state index contributed by atoms with van der Waals surface area (Å²) in [6, 6.07) is 6.97. The van der Waals surface area contributed by atoms with Gasteiger partial charge in [0.25, 0.3) is 0 Å². The highest BCUT2D eigenvalue weighted by Gasteiger charge is 2.33. The molecule has 0 radical (unpaired) electrons. The zero-order chi connectivity index (χ0) is 19.8. The molecule has 1 saturated heterocycles. The van der Waals surface area contributed by atoms with E-state index in [0.717, 1.165) is 17.4 Å². The smallest absolute Gasteiger partial charge is 0.410 e.